The monoisotopic (exact) mass is 479 g/mol. The summed E-state index contributed by atoms with van der Waals surface area (Å²) in [5.74, 6) is 2.04. The molecule has 2 atom stereocenters. The Kier molecular flexibility index (Phi) is 13.7. The van der Waals surface area contributed by atoms with Crippen molar-refractivity contribution in [1.29, 1.82) is 0 Å². The predicted molar refractivity (Wildman–Crippen MR) is 141 cm³/mol. The number of ketones is 1. The third kappa shape index (κ3) is 12.0. The second kappa shape index (κ2) is 13.6. The van der Waals surface area contributed by atoms with Gasteiger partial charge in [0.15, 0.2) is 0 Å². The van der Waals surface area contributed by atoms with Crippen LogP contribution in [0.3, 0.4) is 0 Å². The molecule has 0 aromatic carbocycles. The van der Waals surface area contributed by atoms with E-state index in [2.05, 4.69) is 53.9 Å². The van der Waals surface area contributed by atoms with Crippen LogP contribution in [0, 0.1) is 5.41 Å². The number of carbonyl (C=O) groups is 1. The van der Waals surface area contributed by atoms with Crippen molar-refractivity contribution in [3.05, 3.63) is 12.3 Å². The molecular weight excluding hydrogens is 437 g/mol. The molecule has 2 unspecified atom stereocenters. The maximum Gasteiger partial charge on any atom is 0.140 e. The molecule has 0 amide bonds. The average molecular weight is 480 g/mol. The van der Waals surface area contributed by atoms with Crippen LogP contribution in [-0.2, 0) is 9.53 Å². The Balaban J connectivity index is 4.58. The number of thioether (sulfide) groups is 2. The zero-order valence-electron chi connectivity index (χ0n) is 20.0. The minimum atomic E-state index is -0.262. The topological polar surface area (TPSA) is 29.5 Å². The van der Waals surface area contributed by atoms with E-state index < -0.39 is 0 Å². The van der Waals surface area contributed by atoms with Crippen LogP contribution in [0.2, 0.25) is 0 Å². The highest BCUT2D eigenvalue weighted by Crippen LogP contribution is 2.41. The van der Waals surface area contributed by atoms with Crippen molar-refractivity contribution in [3.63, 3.8) is 0 Å². The number of Topliss-reactive ketones (excluding diaryl/α,β-unsaturated/α-hetero) is 1. The van der Waals surface area contributed by atoms with Crippen LogP contribution >= 0.6 is 43.7 Å². The lowest BCUT2D eigenvalue weighted by Crippen LogP contribution is -2.27. The zero-order valence-corrected chi connectivity index (χ0v) is 23.3. The van der Waals surface area contributed by atoms with Crippen LogP contribution in [0.4, 0.5) is 0 Å². The lowest BCUT2D eigenvalue weighted by atomic mass is 9.88. The first-order valence-electron chi connectivity index (χ1n) is 10.1. The zero-order chi connectivity index (χ0) is 22.8. The van der Waals surface area contributed by atoms with Gasteiger partial charge in [-0.25, -0.2) is 0 Å². The van der Waals surface area contributed by atoms with E-state index in [1.54, 1.807) is 23.5 Å². The van der Waals surface area contributed by atoms with E-state index in [0.717, 1.165) is 35.1 Å². The molecule has 0 aliphatic carbocycles. The van der Waals surface area contributed by atoms with E-state index in [1.165, 1.54) is 0 Å². The van der Waals surface area contributed by atoms with E-state index >= 15 is 0 Å². The maximum absolute atomic E-state index is 12.9. The van der Waals surface area contributed by atoms with Crippen molar-refractivity contribution < 1.29 is 9.53 Å². The molecule has 0 aliphatic heterocycles. The van der Waals surface area contributed by atoms with Gasteiger partial charge in [0, 0.05) is 31.9 Å². The van der Waals surface area contributed by atoms with Crippen molar-refractivity contribution in [2.24, 2.45) is 5.41 Å². The molecule has 0 saturated heterocycles. The molecule has 29 heavy (non-hydrogen) atoms. The molecule has 0 rings (SSSR count). The van der Waals surface area contributed by atoms with Gasteiger partial charge >= 0.3 is 0 Å². The van der Waals surface area contributed by atoms with Crippen LogP contribution in [0.15, 0.2) is 12.3 Å². The summed E-state index contributed by atoms with van der Waals surface area (Å²) in [5.41, 5.74) is 0.401. The van der Waals surface area contributed by atoms with E-state index in [4.69, 9.17) is 17.0 Å². The summed E-state index contributed by atoms with van der Waals surface area (Å²) in [7, 11) is 3.64. The molecule has 0 radical (unpaired) electrons. The van der Waals surface area contributed by atoms with Crippen molar-refractivity contribution in [3.8, 4) is 0 Å². The van der Waals surface area contributed by atoms with Gasteiger partial charge in [-0.1, -0.05) is 51.3 Å². The fraction of sp³-hybridized carbons (Fsp3) is 0.818. The Morgan fingerprint density at radius 3 is 2.28 bits per heavy atom. The predicted octanol–water partition coefficient (Wildman–Crippen LogP) is 6.50. The molecule has 0 aliphatic rings. The summed E-state index contributed by atoms with van der Waals surface area (Å²) in [6, 6.07) is 0. The molecule has 170 valence electrons. The number of thiocarbonyl (C=S) groups is 1. The molecule has 0 bridgehead atoms. The Morgan fingerprint density at radius 2 is 1.83 bits per heavy atom. The third-order valence-electron chi connectivity index (χ3n) is 4.87. The third-order valence-corrected chi connectivity index (χ3v) is 9.62. The van der Waals surface area contributed by atoms with E-state index in [0.29, 0.717) is 18.8 Å². The number of hydrogen-bond donors (Lipinski definition) is 0. The van der Waals surface area contributed by atoms with Gasteiger partial charge in [0.1, 0.15) is 15.9 Å². The van der Waals surface area contributed by atoms with Crippen molar-refractivity contribution in [2.45, 2.75) is 63.8 Å². The standard InChI is InChI=1S/C22H42NO2PS3/c1-17(25-14-15-29-20(27)23(6)7)22(5,28-10)13-11-12-18(24)19(26(8)9)16-21(2,3)4/h19H,1,11-16H2,2-10H3. The number of nitrogens with zero attached hydrogens (tertiary/aromatic N) is 1. The van der Waals surface area contributed by atoms with Crippen LogP contribution in [0.25, 0.3) is 0 Å². The van der Waals surface area contributed by atoms with Gasteiger partial charge in [0.2, 0.25) is 0 Å². The first-order valence-corrected chi connectivity index (χ1v) is 15.1. The van der Waals surface area contributed by atoms with Crippen LogP contribution in [0.1, 0.15) is 53.4 Å². The van der Waals surface area contributed by atoms with Crippen LogP contribution in [0.5, 0.6) is 0 Å². The van der Waals surface area contributed by atoms with E-state index in [9.17, 15) is 4.79 Å². The molecule has 0 aromatic heterocycles. The molecule has 0 fully saturated rings. The van der Waals surface area contributed by atoms with Gasteiger partial charge in [0.05, 0.1) is 11.4 Å². The number of ether oxygens (including phenoxy) is 1. The smallest absolute Gasteiger partial charge is 0.140 e. The van der Waals surface area contributed by atoms with Gasteiger partial charge in [-0.3, -0.25) is 4.79 Å². The number of rotatable bonds is 13. The largest absolute Gasteiger partial charge is 0.496 e. The second-order valence-corrected chi connectivity index (χ2v) is 14.9. The summed E-state index contributed by atoms with van der Waals surface area (Å²) in [4.78, 5) is 14.8. The first kappa shape index (κ1) is 29.2. The summed E-state index contributed by atoms with van der Waals surface area (Å²) < 4.78 is 6.63. The van der Waals surface area contributed by atoms with Gasteiger partial charge in [-0.2, -0.15) is 11.8 Å². The summed E-state index contributed by atoms with van der Waals surface area (Å²) in [5, 5.41) is 0. The SMILES string of the molecule is C=C(OCCSC(=S)N(C)C)C(C)(CCCC(=O)C(CC(C)(C)C)P(C)C)SC. The lowest BCUT2D eigenvalue weighted by Gasteiger charge is -2.31. The van der Waals surface area contributed by atoms with Gasteiger partial charge in [-0.05, 0) is 51.2 Å². The van der Waals surface area contributed by atoms with Gasteiger partial charge in [-0.15, -0.1) is 7.92 Å². The lowest BCUT2D eigenvalue weighted by molar-refractivity contribution is -0.119. The molecule has 0 saturated carbocycles. The summed E-state index contributed by atoms with van der Waals surface area (Å²) in [6.07, 6.45) is 5.49. The fourth-order valence-corrected chi connectivity index (χ4v) is 5.96. The Labute approximate surface area is 195 Å². The molecule has 0 spiro atoms. The number of carbonyl (C=O) groups excluding carboxylic acids is 1. The van der Waals surface area contributed by atoms with E-state index in [-0.39, 0.29) is 23.7 Å². The van der Waals surface area contributed by atoms with Crippen LogP contribution < -0.4 is 0 Å². The minimum absolute atomic E-state index is 0.171. The van der Waals surface area contributed by atoms with E-state index in [1.807, 2.05) is 19.0 Å². The average Bonchev–Trinajstić information content (AvgIpc) is 2.61. The molecular formula is C22H42NO2PS3. The second-order valence-electron chi connectivity index (χ2n) is 9.28. The Hall–Kier alpha value is 0.230. The highest BCUT2D eigenvalue weighted by molar-refractivity contribution is 8.22. The molecule has 0 aromatic rings. The highest BCUT2D eigenvalue weighted by atomic mass is 32.2. The summed E-state index contributed by atoms with van der Waals surface area (Å²) >= 11 is 8.65. The Morgan fingerprint density at radius 1 is 1.24 bits per heavy atom. The first-order chi connectivity index (χ1) is 13.2. The molecule has 3 nitrogen and oxygen atoms in total. The van der Waals surface area contributed by atoms with Gasteiger partial charge < -0.3 is 9.64 Å². The normalized spacial score (nSPS) is 15.0. The highest BCUT2D eigenvalue weighted by Gasteiger charge is 2.30. The molecule has 0 N–H and O–H groups in total. The number of hydrogen-bond acceptors (Lipinski definition) is 5. The summed E-state index contributed by atoms with van der Waals surface area (Å²) in [6.45, 7) is 18.1. The van der Waals surface area contributed by atoms with Gasteiger partial charge in [0.25, 0.3) is 0 Å². The van der Waals surface area contributed by atoms with Crippen molar-refractivity contribution in [1.82, 2.24) is 4.90 Å². The Bertz CT molecular complexity index is 547. The fourth-order valence-electron chi connectivity index (χ4n) is 2.86. The molecule has 0 heterocycles. The van der Waals surface area contributed by atoms with Crippen LogP contribution in [-0.4, -0.2) is 71.5 Å². The quantitative estimate of drug-likeness (QED) is 0.130. The maximum atomic E-state index is 12.9. The molecule has 7 heteroatoms. The minimum Gasteiger partial charge on any atom is -0.496 e. The van der Waals surface area contributed by atoms with Crippen molar-refractivity contribution >= 4 is 53.8 Å². The van der Waals surface area contributed by atoms with Crippen molar-refractivity contribution in [2.75, 3.05) is 46.0 Å².